The van der Waals surface area contributed by atoms with E-state index in [9.17, 15) is 8.76 Å². The van der Waals surface area contributed by atoms with E-state index in [-0.39, 0.29) is 5.92 Å². The molecule has 0 radical (unpaired) electrons. The Labute approximate surface area is 145 Å². The van der Waals surface area contributed by atoms with Crippen LogP contribution in [0.5, 0.6) is 0 Å². The van der Waals surface area contributed by atoms with Gasteiger partial charge < -0.3 is 9.54 Å². The largest absolute Gasteiger partial charge is 0.770 e. The first kappa shape index (κ1) is 16.0. The fraction of sp³-hybridized carbons (Fsp3) is 0.400. The summed E-state index contributed by atoms with van der Waals surface area (Å²) in [6, 6.07) is 3.74. The van der Waals surface area contributed by atoms with Gasteiger partial charge in [0, 0.05) is 36.3 Å². The summed E-state index contributed by atoms with van der Waals surface area (Å²) in [6.45, 7) is 1.05. The second-order valence-electron chi connectivity index (χ2n) is 5.97. The summed E-state index contributed by atoms with van der Waals surface area (Å²) in [5.74, 6) is 0.0425. The van der Waals surface area contributed by atoms with Crippen molar-refractivity contribution in [2.45, 2.75) is 24.1 Å². The van der Waals surface area contributed by atoms with Gasteiger partial charge in [-0.1, -0.05) is 0 Å². The number of hydrogen-bond donors (Lipinski definition) is 1. The van der Waals surface area contributed by atoms with E-state index in [0.717, 1.165) is 29.3 Å². The number of likely N-dealkylation sites (tertiary alicyclic amines) is 1. The molecule has 1 aliphatic rings. The summed E-state index contributed by atoms with van der Waals surface area (Å²) in [4.78, 5) is 13.3. The van der Waals surface area contributed by atoms with Crippen molar-refractivity contribution in [1.82, 2.24) is 30.0 Å². The molecule has 0 aromatic carbocycles. The van der Waals surface area contributed by atoms with Crippen molar-refractivity contribution in [2.24, 2.45) is 0 Å². The van der Waals surface area contributed by atoms with Crippen molar-refractivity contribution < 1.29 is 8.76 Å². The number of piperidine rings is 1. The van der Waals surface area contributed by atoms with Crippen LogP contribution in [0.4, 0.5) is 0 Å². The molecule has 128 valence electrons. The number of aromatic amines is 1. The zero-order valence-electron chi connectivity index (χ0n) is 13.1. The van der Waals surface area contributed by atoms with Gasteiger partial charge in [-0.05, 0) is 30.0 Å². The molecule has 1 aliphatic heterocycles. The van der Waals surface area contributed by atoms with Crippen LogP contribution in [-0.4, -0.2) is 57.3 Å². The van der Waals surface area contributed by atoms with Crippen LogP contribution in [0.2, 0.25) is 0 Å². The molecule has 3 unspecified atom stereocenters. The molecule has 1 N–H and O–H groups in total. The smallest absolute Gasteiger partial charge is 0.185 e. The average Bonchev–Trinajstić information content (AvgIpc) is 3.11. The highest BCUT2D eigenvalue weighted by Crippen LogP contribution is 2.33. The van der Waals surface area contributed by atoms with Crippen molar-refractivity contribution in [2.75, 3.05) is 13.1 Å². The van der Waals surface area contributed by atoms with Gasteiger partial charge in [0.25, 0.3) is 0 Å². The molecule has 10 heteroatoms. The fourth-order valence-corrected chi connectivity index (χ4v) is 4.00. The average molecular weight is 356 g/mol. The zero-order valence-corrected chi connectivity index (χ0v) is 13.9. The van der Waals surface area contributed by atoms with Gasteiger partial charge in [0.15, 0.2) is 16.7 Å². The molecule has 3 aromatic rings. The summed E-state index contributed by atoms with van der Waals surface area (Å²) in [7, 11) is 0. The predicted molar refractivity (Wildman–Crippen MR) is 88.9 cm³/mol. The van der Waals surface area contributed by atoms with E-state index < -0.39 is 16.5 Å². The third kappa shape index (κ3) is 2.76. The third-order valence-corrected chi connectivity index (χ3v) is 5.34. The Bertz CT molecular complexity index is 998. The summed E-state index contributed by atoms with van der Waals surface area (Å²) >= 11 is -2.46. The van der Waals surface area contributed by atoms with Gasteiger partial charge in [-0.15, -0.1) is 10.2 Å². The number of rotatable bonds is 3. The SMILES string of the molecule is N#CC(N1CCCC(c2[nH]cnc3nnc4nccc4c23)C1)S(=O)[O-]. The van der Waals surface area contributed by atoms with Crippen LogP contribution in [0.1, 0.15) is 24.5 Å². The number of nitriles is 1. The molecule has 4 heterocycles. The van der Waals surface area contributed by atoms with Crippen molar-refractivity contribution in [3.8, 4) is 6.07 Å². The van der Waals surface area contributed by atoms with E-state index in [4.69, 9.17) is 5.26 Å². The lowest BCUT2D eigenvalue weighted by Gasteiger charge is -2.36. The Balaban J connectivity index is 1.78. The standard InChI is InChI=1S/C15H15N7O2S/c16-6-11(25(23)24)22-5-1-2-9(7-22)13-12-10-3-4-17-14(10)20-21-15(12)19-8-18-13/h3-4,8-9,11H,1-2,5,7H2,(H,23,24)(H,18,19,21)/p-1. The Hall–Kier alpha value is -2.48. The highest BCUT2D eigenvalue weighted by atomic mass is 32.2. The quantitative estimate of drug-likeness (QED) is 0.681. The topological polar surface area (TPSA) is 135 Å². The Kier molecular flexibility index (Phi) is 4.12. The zero-order chi connectivity index (χ0) is 17.4. The molecule has 0 spiro atoms. The van der Waals surface area contributed by atoms with Gasteiger partial charge >= 0.3 is 0 Å². The van der Waals surface area contributed by atoms with Gasteiger partial charge in [-0.2, -0.15) is 5.26 Å². The van der Waals surface area contributed by atoms with Gasteiger partial charge in [0.1, 0.15) is 0 Å². The number of fused-ring (bicyclic) bond motifs is 3. The first-order valence-electron chi connectivity index (χ1n) is 7.85. The van der Waals surface area contributed by atoms with Gasteiger partial charge in [0.2, 0.25) is 0 Å². The van der Waals surface area contributed by atoms with Crippen molar-refractivity contribution >= 4 is 33.1 Å². The molecular formula is C15H14N7O2S-. The molecule has 9 nitrogen and oxygen atoms in total. The van der Waals surface area contributed by atoms with Gasteiger partial charge in [-0.3, -0.25) is 9.11 Å². The molecule has 1 saturated heterocycles. The number of nitrogens with zero attached hydrogens (tertiary/aromatic N) is 6. The van der Waals surface area contributed by atoms with Crippen LogP contribution >= 0.6 is 0 Å². The minimum absolute atomic E-state index is 0.0425. The number of aromatic nitrogens is 5. The Morgan fingerprint density at radius 1 is 1.40 bits per heavy atom. The molecule has 0 bridgehead atoms. The van der Waals surface area contributed by atoms with E-state index in [1.807, 2.05) is 12.1 Å². The van der Waals surface area contributed by atoms with Crippen molar-refractivity contribution in [3.05, 3.63) is 24.3 Å². The molecule has 0 saturated carbocycles. The number of H-pyrrole nitrogens is 1. The van der Waals surface area contributed by atoms with Crippen molar-refractivity contribution in [1.29, 1.82) is 5.26 Å². The van der Waals surface area contributed by atoms with Gasteiger partial charge in [-0.25, -0.2) is 9.97 Å². The third-order valence-electron chi connectivity index (χ3n) is 4.57. The van der Waals surface area contributed by atoms with E-state index in [1.165, 1.54) is 0 Å². The van der Waals surface area contributed by atoms with Crippen LogP contribution in [-0.2, 0) is 11.1 Å². The number of nitrogens with one attached hydrogen (secondary N) is 1. The van der Waals surface area contributed by atoms with Gasteiger partial charge in [0.05, 0.1) is 17.8 Å². The maximum atomic E-state index is 11.3. The monoisotopic (exact) mass is 356 g/mol. The lowest BCUT2D eigenvalue weighted by Crippen LogP contribution is -2.43. The molecule has 3 atom stereocenters. The molecule has 0 aliphatic carbocycles. The molecule has 3 aromatic heterocycles. The van der Waals surface area contributed by atoms with E-state index in [2.05, 4.69) is 25.1 Å². The predicted octanol–water partition coefficient (Wildman–Crippen LogP) is 0.809. The summed E-state index contributed by atoms with van der Waals surface area (Å²) in [5, 5.41) is 17.9. The van der Waals surface area contributed by atoms with Crippen molar-refractivity contribution in [3.63, 3.8) is 0 Å². The molecule has 0 amide bonds. The van der Waals surface area contributed by atoms with E-state index >= 15 is 0 Å². The highest BCUT2D eigenvalue weighted by Gasteiger charge is 2.29. The Morgan fingerprint density at radius 3 is 3.04 bits per heavy atom. The van der Waals surface area contributed by atoms with Crippen LogP contribution in [0.15, 0.2) is 18.6 Å². The molecule has 25 heavy (non-hydrogen) atoms. The normalized spacial score (nSPS) is 21.2. The minimum Gasteiger partial charge on any atom is -0.770 e. The first-order valence-corrected chi connectivity index (χ1v) is 8.99. The summed E-state index contributed by atoms with van der Waals surface area (Å²) < 4.78 is 22.6. The van der Waals surface area contributed by atoms with Crippen LogP contribution in [0.25, 0.3) is 22.1 Å². The lowest BCUT2D eigenvalue weighted by atomic mass is 9.92. The Morgan fingerprint density at radius 2 is 2.24 bits per heavy atom. The number of hydrogen-bond acceptors (Lipinski definition) is 8. The maximum Gasteiger partial charge on any atom is 0.185 e. The highest BCUT2D eigenvalue weighted by molar-refractivity contribution is 7.80. The maximum absolute atomic E-state index is 11.3. The lowest BCUT2D eigenvalue weighted by molar-refractivity contribution is 0.208. The van der Waals surface area contributed by atoms with E-state index in [0.29, 0.717) is 24.4 Å². The van der Waals surface area contributed by atoms with Crippen LogP contribution in [0.3, 0.4) is 0 Å². The second-order valence-corrected chi connectivity index (χ2v) is 6.94. The minimum atomic E-state index is -2.46. The van der Waals surface area contributed by atoms with E-state index in [1.54, 1.807) is 17.4 Å². The second kappa shape index (κ2) is 6.44. The summed E-state index contributed by atoms with van der Waals surface area (Å²) in [5.41, 5.74) is 2.00. The summed E-state index contributed by atoms with van der Waals surface area (Å²) in [6.07, 6.45) is 4.93. The molecule has 4 rings (SSSR count). The molecule has 1 fully saturated rings. The fourth-order valence-electron chi connectivity index (χ4n) is 3.48. The van der Waals surface area contributed by atoms with Crippen LogP contribution in [0, 0.1) is 11.3 Å². The first-order chi connectivity index (χ1) is 12.2. The molecular weight excluding hydrogens is 342 g/mol. The van der Waals surface area contributed by atoms with Crippen LogP contribution < -0.4 is 0 Å².